The maximum Gasteiger partial charge on any atom is 0.354 e. The number of methoxy groups -OCH3 is 1. The van der Waals surface area contributed by atoms with Gasteiger partial charge in [0, 0.05) is 24.3 Å². The summed E-state index contributed by atoms with van der Waals surface area (Å²) >= 11 is 0. The third kappa shape index (κ3) is 3.74. The second-order valence-electron chi connectivity index (χ2n) is 6.69. The van der Waals surface area contributed by atoms with Crippen molar-refractivity contribution >= 4 is 17.7 Å². The Bertz CT molecular complexity index is 864. The summed E-state index contributed by atoms with van der Waals surface area (Å²) in [5, 5.41) is 0. The van der Waals surface area contributed by atoms with Crippen molar-refractivity contribution in [2.75, 3.05) is 13.7 Å². The number of ether oxygens (including phenoxy) is 1. The molecule has 28 heavy (non-hydrogen) atoms. The minimum Gasteiger partial charge on any atom is -0.464 e. The summed E-state index contributed by atoms with van der Waals surface area (Å²) in [6.45, 7) is 10.1. The molecule has 1 unspecified atom stereocenters. The molecule has 0 fully saturated rings. The SMILES string of the molecule is CCCN(C(=O)c1ccco1)C(C)C(=O)c1c(C)c(C(=O)OC)n(CC)c1C. The van der Waals surface area contributed by atoms with Crippen LogP contribution >= 0.6 is 0 Å². The number of nitrogens with zero attached hydrogens (tertiary/aromatic N) is 2. The molecule has 152 valence electrons. The van der Waals surface area contributed by atoms with Crippen molar-refractivity contribution in [2.24, 2.45) is 0 Å². The smallest absolute Gasteiger partial charge is 0.354 e. The van der Waals surface area contributed by atoms with E-state index in [9.17, 15) is 14.4 Å². The van der Waals surface area contributed by atoms with Gasteiger partial charge in [0.15, 0.2) is 11.5 Å². The lowest BCUT2D eigenvalue weighted by molar-refractivity contribution is 0.0585. The third-order valence-corrected chi connectivity index (χ3v) is 5.01. The zero-order valence-corrected chi connectivity index (χ0v) is 17.4. The molecule has 2 aromatic rings. The number of Topliss-reactive ketones (excluding diaryl/α,β-unsaturated/α-hetero) is 1. The van der Waals surface area contributed by atoms with Crippen molar-refractivity contribution in [1.29, 1.82) is 0 Å². The van der Waals surface area contributed by atoms with Crippen LogP contribution in [0.25, 0.3) is 0 Å². The number of hydrogen-bond donors (Lipinski definition) is 0. The van der Waals surface area contributed by atoms with Crippen molar-refractivity contribution in [2.45, 2.75) is 53.6 Å². The Hall–Kier alpha value is -2.83. The molecule has 0 saturated carbocycles. The maximum absolute atomic E-state index is 13.4. The Morgan fingerprint density at radius 3 is 2.43 bits per heavy atom. The van der Waals surface area contributed by atoms with Crippen LogP contribution in [0.1, 0.15) is 69.9 Å². The Morgan fingerprint density at radius 2 is 1.93 bits per heavy atom. The molecule has 0 spiro atoms. The standard InChI is InChI=1S/C21H28N2O5/c1-7-11-23(20(25)16-10-9-12-28-16)15(5)19(24)17-13(3)18(21(26)27-6)22(8-2)14(17)4/h9-10,12,15H,7-8,11H2,1-6H3. The van der Waals surface area contributed by atoms with Crippen LogP contribution in [-0.2, 0) is 11.3 Å². The highest BCUT2D eigenvalue weighted by molar-refractivity contribution is 6.07. The largest absolute Gasteiger partial charge is 0.464 e. The van der Waals surface area contributed by atoms with E-state index in [2.05, 4.69) is 0 Å². The zero-order valence-electron chi connectivity index (χ0n) is 17.4. The van der Waals surface area contributed by atoms with Crippen molar-refractivity contribution < 1.29 is 23.5 Å². The molecule has 2 heterocycles. The lowest BCUT2D eigenvalue weighted by Gasteiger charge is -2.27. The normalized spacial score (nSPS) is 11.9. The van der Waals surface area contributed by atoms with Crippen LogP contribution in [0.5, 0.6) is 0 Å². The van der Waals surface area contributed by atoms with Crippen LogP contribution in [0.15, 0.2) is 22.8 Å². The molecule has 0 radical (unpaired) electrons. The first-order valence-corrected chi connectivity index (χ1v) is 9.46. The molecule has 2 aromatic heterocycles. The Labute approximate surface area is 165 Å². The zero-order chi connectivity index (χ0) is 21.0. The Balaban J connectivity index is 2.47. The number of carbonyl (C=O) groups is 3. The van der Waals surface area contributed by atoms with Gasteiger partial charge >= 0.3 is 5.97 Å². The van der Waals surface area contributed by atoms with E-state index in [-0.39, 0.29) is 17.5 Å². The molecule has 0 aliphatic rings. The van der Waals surface area contributed by atoms with E-state index in [4.69, 9.17) is 9.15 Å². The number of hydrogen-bond acceptors (Lipinski definition) is 5. The van der Waals surface area contributed by atoms with Gasteiger partial charge in [0.25, 0.3) is 5.91 Å². The van der Waals surface area contributed by atoms with E-state index < -0.39 is 12.0 Å². The van der Waals surface area contributed by atoms with Gasteiger partial charge in [-0.3, -0.25) is 9.59 Å². The van der Waals surface area contributed by atoms with Gasteiger partial charge in [-0.25, -0.2) is 4.79 Å². The Morgan fingerprint density at radius 1 is 1.25 bits per heavy atom. The summed E-state index contributed by atoms with van der Waals surface area (Å²) in [6.07, 6.45) is 2.13. The lowest BCUT2D eigenvalue weighted by Crippen LogP contribution is -2.44. The fourth-order valence-corrected chi connectivity index (χ4v) is 3.62. The van der Waals surface area contributed by atoms with Crippen LogP contribution in [0, 0.1) is 13.8 Å². The molecular weight excluding hydrogens is 360 g/mol. The summed E-state index contributed by atoms with van der Waals surface area (Å²) < 4.78 is 11.9. The van der Waals surface area contributed by atoms with Gasteiger partial charge in [0.2, 0.25) is 0 Å². The molecule has 0 aromatic carbocycles. The lowest BCUT2D eigenvalue weighted by atomic mass is 9.99. The van der Waals surface area contributed by atoms with E-state index in [1.807, 2.05) is 13.8 Å². The minimum absolute atomic E-state index is 0.197. The van der Waals surface area contributed by atoms with Gasteiger partial charge in [-0.1, -0.05) is 6.92 Å². The first-order chi connectivity index (χ1) is 13.3. The second kappa shape index (κ2) is 8.91. The fourth-order valence-electron chi connectivity index (χ4n) is 3.62. The number of aromatic nitrogens is 1. The van der Waals surface area contributed by atoms with E-state index >= 15 is 0 Å². The van der Waals surface area contributed by atoms with E-state index in [1.165, 1.54) is 18.3 Å². The topological polar surface area (TPSA) is 81.8 Å². The van der Waals surface area contributed by atoms with E-state index in [0.717, 1.165) is 0 Å². The van der Waals surface area contributed by atoms with E-state index in [1.54, 1.807) is 37.5 Å². The number of rotatable bonds is 8. The van der Waals surface area contributed by atoms with Crippen LogP contribution in [0.4, 0.5) is 0 Å². The number of carbonyl (C=O) groups excluding carboxylic acids is 3. The molecule has 7 heteroatoms. The molecular formula is C21H28N2O5. The van der Waals surface area contributed by atoms with Crippen LogP contribution < -0.4 is 0 Å². The van der Waals surface area contributed by atoms with Gasteiger partial charge < -0.3 is 18.6 Å². The number of furan rings is 1. The van der Waals surface area contributed by atoms with Gasteiger partial charge in [-0.05, 0) is 51.8 Å². The van der Waals surface area contributed by atoms with Crippen molar-refractivity contribution in [3.63, 3.8) is 0 Å². The number of amides is 1. The quantitative estimate of drug-likeness (QED) is 0.509. The van der Waals surface area contributed by atoms with Gasteiger partial charge in [-0.15, -0.1) is 0 Å². The summed E-state index contributed by atoms with van der Waals surface area (Å²) in [7, 11) is 1.32. The monoisotopic (exact) mass is 388 g/mol. The number of ketones is 1. The van der Waals surface area contributed by atoms with Crippen molar-refractivity contribution in [3.05, 3.63) is 46.7 Å². The predicted octanol–water partition coefficient (Wildman–Crippen LogP) is 3.63. The molecule has 1 amide bonds. The highest BCUT2D eigenvalue weighted by Crippen LogP contribution is 2.26. The Kier molecular flexibility index (Phi) is 6.83. The van der Waals surface area contributed by atoms with Crippen LogP contribution in [0.2, 0.25) is 0 Å². The molecule has 0 saturated heterocycles. The molecule has 0 N–H and O–H groups in total. The summed E-state index contributed by atoms with van der Waals surface area (Å²) in [5.74, 6) is -0.819. The predicted molar refractivity (Wildman–Crippen MR) is 105 cm³/mol. The molecule has 0 aliphatic heterocycles. The molecule has 2 rings (SSSR count). The first-order valence-electron chi connectivity index (χ1n) is 9.46. The highest BCUT2D eigenvalue weighted by Gasteiger charge is 2.33. The summed E-state index contributed by atoms with van der Waals surface area (Å²) in [4.78, 5) is 40.0. The van der Waals surface area contributed by atoms with Crippen LogP contribution in [-0.4, -0.2) is 46.8 Å². The first kappa shape index (κ1) is 21.5. The molecule has 0 aliphatic carbocycles. The summed E-state index contributed by atoms with van der Waals surface area (Å²) in [5.41, 5.74) is 2.10. The fraction of sp³-hybridized carbons (Fsp3) is 0.476. The molecule has 1 atom stereocenters. The maximum atomic E-state index is 13.4. The van der Waals surface area contributed by atoms with Crippen LogP contribution in [0.3, 0.4) is 0 Å². The molecule has 0 bridgehead atoms. The second-order valence-corrected chi connectivity index (χ2v) is 6.69. The summed E-state index contributed by atoms with van der Waals surface area (Å²) in [6, 6.07) is 2.53. The van der Waals surface area contributed by atoms with E-state index in [0.29, 0.717) is 42.0 Å². The average molecular weight is 388 g/mol. The van der Waals surface area contributed by atoms with Crippen molar-refractivity contribution in [1.82, 2.24) is 9.47 Å². The number of esters is 1. The van der Waals surface area contributed by atoms with Gasteiger partial charge in [-0.2, -0.15) is 0 Å². The van der Waals surface area contributed by atoms with Crippen molar-refractivity contribution in [3.8, 4) is 0 Å². The van der Waals surface area contributed by atoms with Gasteiger partial charge in [0.05, 0.1) is 19.4 Å². The molecule has 7 nitrogen and oxygen atoms in total. The van der Waals surface area contributed by atoms with Gasteiger partial charge in [0.1, 0.15) is 5.69 Å². The third-order valence-electron chi connectivity index (χ3n) is 5.01. The highest BCUT2D eigenvalue weighted by atomic mass is 16.5. The minimum atomic E-state index is -0.701. The average Bonchev–Trinajstić information content (AvgIpc) is 3.30.